The van der Waals surface area contributed by atoms with Crippen LogP contribution in [-0.4, -0.2) is 56.6 Å². The Morgan fingerprint density at radius 2 is 2.09 bits per heavy atom. The molecule has 9 heteroatoms. The fourth-order valence-electron chi connectivity index (χ4n) is 4.48. The van der Waals surface area contributed by atoms with Gasteiger partial charge in [0.1, 0.15) is 22.6 Å². The van der Waals surface area contributed by atoms with Crippen LogP contribution in [0.1, 0.15) is 42.6 Å². The summed E-state index contributed by atoms with van der Waals surface area (Å²) in [7, 11) is 0. The topological polar surface area (TPSA) is 92.0 Å². The number of hydrogen-bond acceptors (Lipinski definition) is 6. The van der Waals surface area contributed by atoms with Gasteiger partial charge < -0.3 is 20.1 Å². The molecule has 2 N–H and O–H groups in total. The van der Waals surface area contributed by atoms with Crippen LogP contribution in [0.15, 0.2) is 36.8 Å². The predicted molar refractivity (Wildman–Crippen MR) is 118 cm³/mol. The van der Waals surface area contributed by atoms with Gasteiger partial charge in [-0.25, -0.2) is 13.9 Å². The van der Waals surface area contributed by atoms with Crippen LogP contribution >= 0.6 is 0 Å². The maximum atomic E-state index is 14.6. The monoisotopic (exact) mass is 439 g/mol. The molecule has 1 aromatic carbocycles. The van der Waals surface area contributed by atoms with Gasteiger partial charge in [-0.1, -0.05) is 0 Å². The molecule has 8 nitrogen and oxygen atoms in total. The Bertz CT molecular complexity index is 1180. The molecule has 5 rings (SSSR count). The number of aromatic nitrogens is 3. The van der Waals surface area contributed by atoms with E-state index in [9.17, 15) is 14.3 Å². The number of amides is 1. The summed E-state index contributed by atoms with van der Waals surface area (Å²) in [6.07, 6.45) is 6.01. The minimum Gasteiger partial charge on any atom is -0.487 e. The highest BCUT2D eigenvalue weighted by atomic mass is 19.1. The Kier molecular flexibility index (Phi) is 4.81. The smallest absolute Gasteiger partial charge is 0.261 e. The van der Waals surface area contributed by atoms with Crippen molar-refractivity contribution in [1.29, 1.82) is 0 Å². The third-order valence-corrected chi connectivity index (χ3v) is 6.24. The maximum absolute atomic E-state index is 14.6. The molecule has 2 aliphatic heterocycles. The Morgan fingerprint density at radius 1 is 1.31 bits per heavy atom. The molecule has 1 amide bonds. The second kappa shape index (κ2) is 7.44. The largest absolute Gasteiger partial charge is 0.487 e. The number of benzene rings is 1. The highest BCUT2D eigenvalue weighted by molar-refractivity contribution is 6.09. The number of anilines is 2. The van der Waals surface area contributed by atoms with Crippen molar-refractivity contribution in [3.05, 3.63) is 47.9 Å². The summed E-state index contributed by atoms with van der Waals surface area (Å²) in [5, 5.41) is 16.6. The molecule has 4 heterocycles. The molecule has 1 fully saturated rings. The zero-order valence-electron chi connectivity index (χ0n) is 18.1. The van der Waals surface area contributed by atoms with E-state index in [1.54, 1.807) is 23.0 Å². The maximum Gasteiger partial charge on any atom is 0.261 e. The van der Waals surface area contributed by atoms with Crippen molar-refractivity contribution in [2.24, 2.45) is 0 Å². The molecule has 0 aliphatic carbocycles. The van der Waals surface area contributed by atoms with E-state index in [0.717, 1.165) is 23.4 Å². The van der Waals surface area contributed by atoms with Crippen LogP contribution in [-0.2, 0) is 6.42 Å². The fourth-order valence-corrected chi connectivity index (χ4v) is 4.48. The van der Waals surface area contributed by atoms with Gasteiger partial charge in [0.25, 0.3) is 5.91 Å². The molecule has 2 aliphatic rings. The van der Waals surface area contributed by atoms with Gasteiger partial charge in [0.2, 0.25) is 0 Å². The van der Waals surface area contributed by atoms with Crippen LogP contribution < -0.4 is 15.0 Å². The molecule has 168 valence electrons. The fraction of sp³-hybridized carbons (Fsp3) is 0.435. The lowest BCUT2D eigenvalue weighted by atomic mass is 9.93. The van der Waals surface area contributed by atoms with Crippen molar-refractivity contribution in [3.8, 4) is 5.75 Å². The van der Waals surface area contributed by atoms with Crippen LogP contribution in [0.25, 0.3) is 5.65 Å². The Hall–Kier alpha value is -3.20. The molecular weight excluding hydrogens is 413 g/mol. The van der Waals surface area contributed by atoms with Gasteiger partial charge in [0.05, 0.1) is 24.2 Å². The van der Waals surface area contributed by atoms with Gasteiger partial charge >= 0.3 is 0 Å². The van der Waals surface area contributed by atoms with E-state index in [0.29, 0.717) is 30.0 Å². The highest BCUT2D eigenvalue weighted by Gasteiger charge is 2.36. The Labute approximate surface area is 185 Å². The summed E-state index contributed by atoms with van der Waals surface area (Å²) in [6, 6.07) is 5.62. The van der Waals surface area contributed by atoms with Crippen LogP contribution in [0.2, 0.25) is 0 Å². The number of rotatable bonds is 4. The van der Waals surface area contributed by atoms with Gasteiger partial charge in [-0.2, -0.15) is 5.10 Å². The molecular formula is C23H26FN5O3. The van der Waals surface area contributed by atoms with E-state index in [1.165, 1.54) is 6.20 Å². The van der Waals surface area contributed by atoms with Crippen LogP contribution in [0.3, 0.4) is 0 Å². The number of carbonyl (C=O) groups excluding carboxylic acids is 1. The number of hydrogen-bond donors (Lipinski definition) is 2. The number of nitrogens with zero attached hydrogens (tertiary/aromatic N) is 4. The molecule has 0 unspecified atom stereocenters. The third kappa shape index (κ3) is 3.66. The van der Waals surface area contributed by atoms with Crippen molar-refractivity contribution in [1.82, 2.24) is 14.6 Å². The quantitative estimate of drug-likeness (QED) is 0.649. The second-order valence-corrected chi connectivity index (χ2v) is 9.21. The lowest BCUT2D eigenvalue weighted by Gasteiger charge is -2.37. The first-order chi connectivity index (χ1) is 15.3. The van der Waals surface area contributed by atoms with Gasteiger partial charge in [-0.15, -0.1) is 0 Å². The third-order valence-electron chi connectivity index (χ3n) is 6.24. The van der Waals surface area contributed by atoms with Crippen molar-refractivity contribution >= 4 is 22.9 Å². The number of nitrogens with one attached hydrogen (secondary N) is 1. The zero-order valence-corrected chi connectivity index (χ0v) is 18.1. The Balaban J connectivity index is 1.49. The van der Waals surface area contributed by atoms with E-state index in [4.69, 9.17) is 4.74 Å². The summed E-state index contributed by atoms with van der Waals surface area (Å²) < 4.78 is 22.2. The first-order valence-electron chi connectivity index (χ1n) is 10.8. The Morgan fingerprint density at radius 3 is 2.84 bits per heavy atom. The van der Waals surface area contributed by atoms with Gasteiger partial charge in [0, 0.05) is 56.4 Å². The van der Waals surface area contributed by atoms with Crippen molar-refractivity contribution in [2.45, 2.75) is 44.4 Å². The standard InChI is InChI=1S/C23H26FN5O3/c1-22(2)12-15-10-17(27-21(31)16-13-26-29-7-3-6-25-20(16)29)18(11-19(15)32-22)28-8-4-23(24,14-30)5-9-28/h3,6-7,10-11,13,30H,4-5,8-9,12,14H2,1-2H3,(H,27,31). The van der Waals surface area contributed by atoms with E-state index in [-0.39, 0.29) is 24.3 Å². The van der Waals surface area contributed by atoms with E-state index in [2.05, 4.69) is 15.4 Å². The number of aliphatic hydroxyl groups is 1. The van der Waals surface area contributed by atoms with Gasteiger partial charge in [0.15, 0.2) is 5.65 Å². The molecule has 3 aromatic rings. The van der Waals surface area contributed by atoms with Crippen molar-refractivity contribution in [3.63, 3.8) is 0 Å². The minimum atomic E-state index is -1.56. The SMILES string of the molecule is CC1(C)Cc2cc(NC(=O)c3cnn4cccnc34)c(N3CCC(F)(CO)CC3)cc2O1. The number of ether oxygens (including phenoxy) is 1. The number of aliphatic hydroxyl groups excluding tert-OH is 1. The summed E-state index contributed by atoms with van der Waals surface area (Å²) >= 11 is 0. The van der Waals surface area contributed by atoms with Crippen LogP contribution in [0, 0.1) is 0 Å². The van der Waals surface area contributed by atoms with E-state index >= 15 is 0 Å². The molecule has 2 aromatic heterocycles. The molecule has 32 heavy (non-hydrogen) atoms. The molecule has 0 radical (unpaired) electrons. The first-order valence-corrected chi connectivity index (χ1v) is 10.8. The van der Waals surface area contributed by atoms with E-state index in [1.807, 2.05) is 30.9 Å². The van der Waals surface area contributed by atoms with Crippen molar-refractivity contribution in [2.75, 3.05) is 29.9 Å². The molecule has 1 saturated heterocycles. The minimum absolute atomic E-state index is 0.221. The molecule has 0 spiro atoms. The number of carbonyl (C=O) groups is 1. The lowest BCUT2D eigenvalue weighted by molar-refractivity contribution is 0.0481. The highest BCUT2D eigenvalue weighted by Crippen LogP contribution is 2.43. The molecule has 0 saturated carbocycles. The number of alkyl halides is 1. The normalized spacial score (nSPS) is 18.9. The average molecular weight is 439 g/mol. The lowest BCUT2D eigenvalue weighted by Crippen LogP contribution is -2.44. The number of fused-ring (bicyclic) bond motifs is 2. The zero-order chi connectivity index (χ0) is 22.5. The summed E-state index contributed by atoms with van der Waals surface area (Å²) in [5.41, 5.74) is 1.38. The second-order valence-electron chi connectivity index (χ2n) is 9.21. The first kappa shape index (κ1) is 20.7. The van der Waals surface area contributed by atoms with Crippen molar-refractivity contribution < 1.29 is 19.0 Å². The van der Waals surface area contributed by atoms with E-state index < -0.39 is 12.3 Å². The summed E-state index contributed by atoms with van der Waals surface area (Å²) in [5.74, 6) is 0.463. The van der Waals surface area contributed by atoms with Gasteiger partial charge in [-0.05, 0) is 26.0 Å². The molecule has 0 atom stereocenters. The van der Waals surface area contributed by atoms with Crippen LogP contribution in [0.4, 0.5) is 15.8 Å². The number of piperidine rings is 1. The summed E-state index contributed by atoms with van der Waals surface area (Å²) in [6.45, 7) is 4.43. The number of halogens is 1. The molecule has 0 bridgehead atoms. The van der Waals surface area contributed by atoms with Crippen LogP contribution in [0.5, 0.6) is 5.75 Å². The average Bonchev–Trinajstić information content (AvgIpc) is 3.33. The van der Waals surface area contributed by atoms with Gasteiger partial charge in [-0.3, -0.25) is 4.79 Å². The predicted octanol–water partition coefficient (Wildman–Crippen LogP) is 3.00. The summed E-state index contributed by atoms with van der Waals surface area (Å²) in [4.78, 5) is 19.5.